The van der Waals surface area contributed by atoms with Gasteiger partial charge in [0.15, 0.2) is 5.82 Å². The lowest BCUT2D eigenvalue weighted by Crippen LogP contribution is -2.46. The summed E-state index contributed by atoms with van der Waals surface area (Å²) in [5, 5.41) is 6.39. The molecule has 7 heteroatoms. The van der Waals surface area contributed by atoms with Crippen LogP contribution < -0.4 is 0 Å². The van der Waals surface area contributed by atoms with Gasteiger partial charge in [-0.1, -0.05) is 30.3 Å². The fraction of sp³-hybridized carbons (Fsp3) is 0.429. The zero-order valence-electron chi connectivity index (χ0n) is 11.3. The summed E-state index contributed by atoms with van der Waals surface area (Å²) in [5.41, 5.74) is -2.70. The number of aromatic nitrogens is 3. The number of hydrogen-bond donors (Lipinski definition) is 1. The molecule has 1 N–H and O–H groups in total. The highest BCUT2D eigenvalue weighted by atomic mass is 19.4. The smallest absolute Gasteiger partial charge is 0.358 e. The molecule has 0 aliphatic heterocycles. The van der Waals surface area contributed by atoms with E-state index in [4.69, 9.17) is 4.74 Å². The number of rotatable bonds is 4. The van der Waals surface area contributed by atoms with Gasteiger partial charge in [-0.05, 0) is 12.8 Å². The number of benzene rings is 1. The van der Waals surface area contributed by atoms with Gasteiger partial charge in [-0.15, -0.1) is 0 Å². The average Bonchev–Trinajstić information content (AvgIpc) is 3.19. The van der Waals surface area contributed by atoms with Gasteiger partial charge in [0.25, 0.3) is 0 Å². The summed E-state index contributed by atoms with van der Waals surface area (Å²) in [6, 6.07) is 7.44. The molecule has 1 fully saturated rings. The van der Waals surface area contributed by atoms with Crippen LogP contribution in [-0.4, -0.2) is 28.5 Å². The maximum atomic E-state index is 13.8. The molecule has 1 heterocycles. The first-order valence-electron chi connectivity index (χ1n) is 6.59. The molecule has 4 nitrogen and oxygen atoms in total. The highest BCUT2D eigenvalue weighted by molar-refractivity contribution is 5.32. The van der Waals surface area contributed by atoms with Crippen LogP contribution in [0.1, 0.15) is 36.0 Å². The molecule has 0 spiro atoms. The van der Waals surface area contributed by atoms with E-state index >= 15 is 0 Å². The summed E-state index contributed by atoms with van der Waals surface area (Å²) < 4.78 is 46.2. The Morgan fingerprint density at radius 2 is 1.86 bits per heavy atom. The Bertz CT molecular complexity index is 622. The van der Waals surface area contributed by atoms with Gasteiger partial charge in [0, 0.05) is 18.6 Å². The predicted molar refractivity (Wildman–Crippen MR) is 68.6 cm³/mol. The van der Waals surface area contributed by atoms with E-state index in [1.165, 1.54) is 24.3 Å². The zero-order chi connectivity index (χ0) is 15.1. The molecule has 1 atom stereocenters. The van der Waals surface area contributed by atoms with Crippen LogP contribution in [0.3, 0.4) is 0 Å². The first-order chi connectivity index (χ1) is 9.99. The van der Waals surface area contributed by atoms with Crippen LogP contribution in [0.2, 0.25) is 0 Å². The van der Waals surface area contributed by atoms with Crippen molar-refractivity contribution in [3.8, 4) is 0 Å². The Morgan fingerprint density at radius 3 is 2.38 bits per heavy atom. The van der Waals surface area contributed by atoms with E-state index < -0.39 is 17.6 Å². The van der Waals surface area contributed by atoms with Gasteiger partial charge in [0.1, 0.15) is 5.82 Å². The predicted octanol–water partition coefficient (Wildman–Crippen LogP) is 3.13. The molecule has 0 radical (unpaired) electrons. The molecule has 0 unspecified atom stereocenters. The number of hydrogen-bond acceptors (Lipinski definition) is 3. The zero-order valence-corrected chi connectivity index (χ0v) is 11.3. The number of halogens is 3. The van der Waals surface area contributed by atoms with Crippen molar-refractivity contribution in [1.82, 2.24) is 15.2 Å². The summed E-state index contributed by atoms with van der Waals surface area (Å²) in [5.74, 6) is 0.280. The monoisotopic (exact) mass is 297 g/mol. The van der Waals surface area contributed by atoms with Crippen molar-refractivity contribution in [3.63, 3.8) is 0 Å². The van der Waals surface area contributed by atoms with Crippen LogP contribution in [0.15, 0.2) is 30.3 Å². The van der Waals surface area contributed by atoms with Crippen LogP contribution in [-0.2, 0) is 10.3 Å². The van der Waals surface area contributed by atoms with Gasteiger partial charge < -0.3 is 4.74 Å². The largest absolute Gasteiger partial charge is 0.429 e. The van der Waals surface area contributed by atoms with Gasteiger partial charge in [0.2, 0.25) is 5.60 Å². The lowest BCUT2D eigenvalue weighted by Gasteiger charge is -2.32. The van der Waals surface area contributed by atoms with Gasteiger partial charge in [-0.2, -0.15) is 18.3 Å². The average molecular weight is 297 g/mol. The molecule has 3 rings (SSSR count). The van der Waals surface area contributed by atoms with Crippen LogP contribution in [0.5, 0.6) is 0 Å². The van der Waals surface area contributed by atoms with Gasteiger partial charge in [-0.3, -0.25) is 5.10 Å². The SMILES string of the molecule is CO[C@@](c1ccccc1)(c1n[nH]c(C2CC2)n1)C(F)(F)F. The summed E-state index contributed by atoms with van der Waals surface area (Å²) in [6.45, 7) is 0. The third kappa shape index (κ3) is 2.21. The minimum absolute atomic E-state index is 0.0404. The normalized spacial score (nSPS) is 18.5. The second kappa shape index (κ2) is 4.84. The van der Waals surface area contributed by atoms with E-state index in [1.54, 1.807) is 6.07 Å². The molecule has 21 heavy (non-hydrogen) atoms. The number of aromatic amines is 1. The number of ether oxygens (including phenoxy) is 1. The molecule has 1 aromatic heterocycles. The van der Waals surface area contributed by atoms with E-state index in [0.29, 0.717) is 5.82 Å². The number of H-pyrrole nitrogens is 1. The maximum Gasteiger partial charge on any atom is 0.429 e. The lowest BCUT2D eigenvalue weighted by atomic mass is 9.92. The highest BCUT2D eigenvalue weighted by Crippen LogP contribution is 2.46. The van der Waals surface area contributed by atoms with Crippen molar-refractivity contribution < 1.29 is 17.9 Å². The molecule has 1 aliphatic carbocycles. The molecule has 0 bridgehead atoms. The summed E-state index contributed by atoms with van der Waals surface area (Å²) >= 11 is 0. The van der Waals surface area contributed by atoms with Gasteiger partial charge in [0.05, 0.1) is 0 Å². The summed E-state index contributed by atoms with van der Waals surface area (Å²) in [7, 11) is 1.02. The quantitative estimate of drug-likeness (QED) is 0.943. The van der Waals surface area contributed by atoms with Crippen molar-refractivity contribution >= 4 is 0 Å². The Morgan fingerprint density at radius 1 is 1.19 bits per heavy atom. The number of nitrogens with one attached hydrogen (secondary N) is 1. The van der Waals surface area contributed by atoms with Crippen LogP contribution in [0.4, 0.5) is 13.2 Å². The maximum absolute atomic E-state index is 13.8. The van der Waals surface area contributed by atoms with Crippen LogP contribution in [0, 0.1) is 0 Å². The molecular formula is C14H14F3N3O. The molecular weight excluding hydrogens is 283 g/mol. The summed E-state index contributed by atoms with van der Waals surface area (Å²) in [6.07, 6.45) is -2.83. The van der Waals surface area contributed by atoms with E-state index in [9.17, 15) is 13.2 Å². The molecule has 1 saturated carbocycles. The second-order valence-electron chi connectivity index (χ2n) is 5.07. The lowest BCUT2D eigenvalue weighted by molar-refractivity contribution is -0.261. The van der Waals surface area contributed by atoms with Crippen molar-refractivity contribution in [2.45, 2.75) is 30.5 Å². The van der Waals surface area contributed by atoms with E-state index in [2.05, 4.69) is 15.2 Å². The fourth-order valence-corrected chi connectivity index (χ4v) is 2.39. The van der Waals surface area contributed by atoms with Crippen molar-refractivity contribution in [3.05, 3.63) is 47.5 Å². The second-order valence-corrected chi connectivity index (χ2v) is 5.07. The number of alkyl halides is 3. The topological polar surface area (TPSA) is 50.8 Å². The first kappa shape index (κ1) is 14.1. The minimum atomic E-state index is -4.67. The van der Waals surface area contributed by atoms with E-state index in [0.717, 1.165) is 20.0 Å². The third-order valence-corrected chi connectivity index (χ3v) is 3.67. The Balaban J connectivity index is 2.14. The van der Waals surface area contributed by atoms with E-state index in [-0.39, 0.29) is 11.5 Å². The molecule has 0 amide bonds. The Hall–Kier alpha value is -1.89. The van der Waals surface area contributed by atoms with Gasteiger partial charge >= 0.3 is 6.18 Å². The standard InChI is InChI=1S/C14H14F3N3O/c1-21-13(14(15,16)17,10-5-3-2-4-6-10)12-18-11(19-20-12)9-7-8-9/h2-6,9H,7-8H2,1H3,(H,18,19,20)/t13-/m0/s1. The van der Waals surface area contributed by atoms with Crippen LogP contribution >= 0.6 is 0 Å². The number of nitrogens with zero attached hydrogens (tertiary/aromatic N) is 2. The Labute approximate surface area is 119 Å². The Kier molecular flexibility index (Phi) is 3.24. The third-order valence-electron chi connectivity index (χ3n) is 3.67. The number of methoxy groups -OCH3 is 1. The molecule has 1 aromatic carbocycles. The van der Waals surface area contributed by atoms with Crippen LogP contribution in [0.25, 0.3) is 0 Å². The molecule has 2 aromatic rings. The molecule has 112 valence electrons. The minimum Gasteiger partial charge on any atom is -0.358 e. The van der Waals surface area contributed by atoms with E-state index in [1.807, 2.05) is 0 Å². The van der Waals surface area contributed by atoms with Gasteiger partial charge in [-0.25, -0.2) is 4.98 Å². The molecule has 1 aliphatic rings. The first-order valence-corrected chi connectivity index (χ1v) is 6.59. The van der Waals surface area contributed by atoms with Crippen molar-refractivity contribution in [1.29, 1.82) is 0 Å². The molecule has 0 saturated heterocycles. The van der Waals surface area contributed by atoms with Crippen molar-refractivity contribution in [2.75, 3.05) is 7.11 Å². The van der Waals surface area contributed by atoms with Crippen molar-refractivity contribution in [2.24, 2.45) is 0 Å². The highest BCUT2D eigenvalue weighted by Gasteiger charge is 2.61. The fourth-order valence-electron chi connectivity index (χ4n) is 2.39. The summed E-state index contributed by atoms with van der Waals surface area (Å²) in [4.78, 5) is 4.05.